The van der Waals surface area contributed by atoms with E-state index in [0.29, 0.717) is 15.8 Å². The summed E-state index contributed by atoms with van der Waals surface area (Å²) in [5, 5.41) is 9.39. The minimum atomic E-state index is -1.14. The third kappa shape index (κ3) is 4.21. The highest BCUT2D eigenvalue weighted by molar-refractivity contribution is 6.35. The maximum absolute atomic E-state index is 13.3. The summed E-state index contributed by atoms with van der Waals surface area (Å²) in [6.45, 7) is 0. The zero-order valence-corrected chi connectivity index (χ0v) is 12.0. The largest absolute Gasteiger partial charge is 0.478 e. The van der Waals surface area contributed by atoms with E-state index in [1.165, 1.54) is 30.3 Å². The Balaban J connectivity index is 2.37. The maximum atomic E-state index is 13.3. The van der Waals surface area contributed by atoms with E-state index >= 15 is 0 Å². The van der Waals surface area contributed by atoms with Gasteiger partial charge in [-0.2, -0.15) is 0 Å². The molecule has 2 rings (SSSR count). The van der Waals surface area contributed by atoms with E-state index in [1.807, 2.05) is 0 Å². The molecule has 0 saturated carbocycles. The average Bonchev–Trinajstić information content (AvgIpc) is 2.41. The van der Waals surface area contributed by atoms with Crippen LogP contribution >= 0.6 is 23.2 Å². The van der Waals surface area contributed by atoms with Crippen LogP contribution in [0.25, 0.3) is 6.08 Å². The number of carbonyl (C=O) groups is 1. The lowest BCUT2D eigenvalue weighted by Crippen LogP contribution is -1.91. The van der Waals surface area contributed by atoms with Crippen LogP contribution in [0.5, 0.6) is 11.5 Å². The summed E-state index contributed by atoms with van der Waals surface area (Å²) < 4.78 is 18.8. The fraction of sp³-hybridized carbons (Fsp3) is 0. The van der Waals surface area contributed by atoms with E-state index < -0.39 is 11.8 Å². The molecule has 0 unspecified atom stereocenters. The summed E-state index contributed by atoms with van der Waals surface area (Å²) in [5.74, 6) is -1.04. The number of rotatable bonds is 4. The molecule has 21 heavy (non-hydrogen) atoms. The molecule has 0 aliphatic heterocycles. The Morgan fingerprint density at radius 1 is 1.14 bits per heavy atom. The molecular weight excluding hydrogens is 318 g/mol. The molecule has 0 spiro atoms. The zero-order chi connectivity index (χ0) is 15.4. The van der Waals surface area contributed by atoms with Gasteiger partial charge in [0.2, 0.25) is 0 Å². The molecule has 0 aromatic heterocycles. The Kier molecular flexibility index (Phi) is 4.83. The second-order valence-corrected chi connectivity index (χ2v) is 4.87. The molecule has 0 radical (unpaired) electrons. The van der Waals surface area contributed by atoms with Crippen LogP contribution in [0.15, 0.2) is 42.5 Å². The molecule has 6 heteroatoms. The van der Waals surface area contributed by atoms with Crippen LogP contribution < -0.4 is 4.74 Å². The standard InChI is InChI=1S/C15H9Cl2FO3/c16-10-2-4-14(12(17)8-10)21-13-5-3-11(18)7-9(13)1-6-15(19)20/h1-8H,(H,19,20)/b6-1+. The van der Waals surface area contributed by atoms with E-state index in [-0.39, 0.29) is 11.3 Å². The van der Waals surface area contributed by atoms with Gasteiger partial charge in [0.05, 0.1) is 5.02 Å². The van der Waals surface area contributed by atoms with Crippen molar-refractivity contribution in [2.45, 2.75) is 0 Å². The van der Waals surface area contributed by atoms with Gasteiger partial charge in [0.1, 0.15) is 17.3 Å². The van der Waals surface area contributed by atoms with E-state index in [2.05, 4.69) is 0 Å². The highest BCUT2D eigenvalue weighted by Crippen LogP contribution is 2.33. The van der Waals surface area contributed by atoms with Crippen molar-refractivity contribution in [3.05, 3.63) is 63.9 Å². The van der Waals surface area contributed by atoms with Crippen LogP contribution in [0, 0.1) is 5.82 Å². The van der Waals surface area contributed by atoms with Crippen LogP contribution in [-0.4, -0.2) is 11.1 Å². The molecule has 0 amide bonds. The SMILES string of the molecule is O=C(O)/C=C/c1cc(F)ccc1Oc1ccc(Cl)cc1Cl. The van der Waals surface area contributed by atoms with Crippen LogP contribution in [0.2, 0.25) is 10.0 Å². The molecule has 0 heterocycles. The van der Waals surface area contributed by atoms with E-state index in [4.69, 9.17) is 33.0 Å². The first-order valence-electron chi connectivity index (χ1n) is 5.79. The lowest BCUT2D eigenvalue weighted by Gasteiger charge is -2.10. The van der Waals surface area contributed by atoms with E-state index in [0.717, 1.165) is 6.08 Å². The van der Waals surface area contributed by atoms with Gasteiger partial charge in [0, 0.05) is 16.7 Å². The van der Waals surface area contributed by atoms with Gasteiger partial charge in [-0.3, -0.25) is 0 Å². The molecule has 108 valence electrons. The number of ether oxygens (including phenoxy) is 1. The quantitative estimate of drug-likeness (QED) is 0.802. The Bertz CT molecular complexity index is 714. The third-order valence-electron chi connectivity index (χ3n) is 2.49. The van der Waals surface area contributed by atoms with Crippen LogP contribution in [0.3, 0.4) is 0 Å². The molecule has 0 aliphatic rings. The molecule has 0 atom stereocenters. The highest BCUT2D eigenvalue weighted by atomic mass is 35.5. The molecule has 0 fully saturated rings. The number of carboxylic acids is 1. The summed E-state index contributed by atoms with van der Waals surface area (Å²) in [6, 6.07) is 8.43. The number of hydrogen-bond donors (Lipinski definition) is 1. The molecule has 2 aromatic rings. The van der Waals surface area contributed by atoms with Gasteiger partial charge in [-0.25, -0.2) is 9.18 Å². The van der Waals surface area contributed by atoms with Crippen molar-refractivity contribution < 1.29 is 19.0 Å². The van der Waals surface area contributed by atoms with Crippen molar-refractivity contribution in [3.8, 4) is 11.5 Å². The Morgan fingerprint density at radius 3 is 2.52 bits per heavy atom. The van der Waals surface area contributed by atoms with E-state index in [9.17, 15) is 9.18 Å². The fourth-order valence-electron chi connectivity index (χ4n) is 1.58. The molecule has 0 bridgehead atoms. The van der Waals surface area contributed by atoms with Crippen molar-refractivity contribution in [1.29, 1.82) is 0 Å². The summed E-state index contributed by atoms with van der Waals surface area (Å²) in [7, 11) is 0. The summed E-state index contributed by atoms with van der Waals surface area (Å²) in [5.41, 5.74) is 0.281. The van der Waals surface area contributed by atoms with Gasteiger partial charge < -0.3 is 9.84 Å². The Labute approximate surface area is 130 Å². The summed E-state index contributed by atoms with van der Waals surface area (Å²) in [6.07, 6.45) is 2.13. The second-order valence-electron chi connectivity index (χ2n) is 4.03. The Hall–Kier alpha value is -2.04. The predicted molar refractivity (Wildman–Crippen MR) is 79.6 cm³/mol. The van der Waals surface area contributed by atoms with Crippen molar-refractivity contribution in [1.82, 2.24) is 0 Å². The monoisotopic (exact) mass is 326 g/mol. The lowest BCUT2D eigenvalue weighted by atomic mass is 10.2. The Morgan fingerprint density at radius 2 is 1.86 bits per heavy atom. The van der Waals surface area contributed by atoms with Gasteiger partial charge in [-0.15, -0.1) is 0 Å². The normalized spacial score (nSPS) is 10.8. The molecule has 1 N–H and O–H groups in total. The molecule has 3 nitrogen and oxygen atoms in total. The number of carboxylic acid groups (broad SMARTS) is 1. The fourth-order valence-corrected chi connectivity index (χ4v) is 2.03. The van der Waals surface area contributed by atoms with E-state index in [1.54, 1.807) is 12.1 Å². The van der Waals surface area contributed by atoms with Gasteiger partial charge in [-0.05, 0) is 42.5 Å². The molecule has 2 aromatic carbocycles. The van der Waals surface area contributed by atoms with Crippen molar-refractivity contribution in [3.63, 3.8) is 0 Å². The summed E-state index contributed by atoms with van der Waals surface area (Å²) >= 11 is 11.8. The molecule has 0 aliphatic carbocycles. The minimum absolute atomic E-state index is 0.276. The van der Waals surface area contributed by atoms with Crippen LogP contribution in [0.1, 0.15) is 5.56 Å². The predicted octanol–water partition coefficient (Wildman–Crippen LogP) is 5.02. The zero-order valence-electron chi connectivity index (χ0n) is 10.5. The van der Waals surface area contributed by atoms with Crippen molar-refractivity contribution >= 4 is 35.2 Å². The first-order chi connectivity index (χ1) is 9.95. The van der Waals surface area contributed by atoms with Gasteiger partial charge >= 0.3 is 5.97 Å². The number of aliphatic carboxylic acids is 1. The topological polar surface area (TPSA) is 46.5 Å². The van der Waals surface area contributed by atoms with Crippen molar-refractivity contribution in [2.75, 3.05) is 0 Å². The second kappa shape index (κ2) is 6.61. The summed E-state index contributed by atoms with van der Waals surface area (Å²) in [4.78, 5) is 10.6. The molecule has 0 saturated heterocycles. The average molecular weight is 327 g/mol. The smallest absolute Gasteiger partial charge is 0.328 e. The molecular formula is C15H9Cl2FO3. The number of hydrogen-bond acceptors (Lipinski definition) is 2. The lowest BCUT2D eigenvalue weighted by molar-refractivity contribution is -0.131. The minimum Gasteiger partial charge on any atom is -0.478 e. The van der Waals surface area contributed by atoms with Gasteiger partial charge in [0.15, 0.2) is 0 Å². The first-order valence-corrected chi connectivity index (χ1v) is 6.55. The maximum Gasteiger partial charge on any atom is 0.328 e. The van der Waals surface area contributed by atoms with Crippen LogP contribution in [-0.2, 0) is 4.79 Å². The number of benzene rings is 2. The number of halogens is 3. The third-order valence-corrected chi connectivity index (χ3v) is 3.02. The van der Waals surface area contributed by atoms with Crippen LogP contribution in [0.4, 0.5) is 4.39 Å². The highest BCUT2D eigenvalue weighted by Gasteiger charge is 2.08. The van der Waals surface area contributed by atoms with Gasteiger partial charge in [0.25, 0.3) is 0 Å². The first kappa shape index (κ1) is 15.4. The van der Waals surface area contributed by atoms with Crippen molar-refractivity contribution in [2.24, 2.45) is 0 Å². The van der Waals surface area contributed by atoms with Gasteiger partial charge in [-0.1, -0.05) is 23.2 Å².